The Morgan fingerprint density at radius 3 is 2.69 bits per heavy atom. The third-order valence-electron chi connectivity index (χ3n) is 3.97. The van der Waals surface area contributed by atoms with Crippen LogP contribution in [0.25, 0.3) is 0 Å². The number of guanidine groups is 1. The van der Waals surface area contributed by atoms with Crippen molar-refractivity contribution in [2.75, 3.05) is 46.4 Å². The van der Waals surface area contributed by atoms with E-state index in [1.807, 2.05) is 14.0 Å². The van der Waals surface area contributed by atoms with Crippen LogP contribution in [0.5, 0.6) is 0 Å². The maximum absolute atomic E-state index is 12.2. The molecule has 2 N–H and O–H groups in total. The minimum Gasteiger partial charge on any atom is -0.381 e. The zero-order chi connectivity index (χ0) is 18.1. The van der Waals surface area contributed by atoms with Crippen LogP contribution in [0.4, 0.5) is 0 Å². The minimum atomic E-state index is -3.48. The fourth-order valence-corrected chi connectivity index (χ4v) is 3.74. The van der Waals surface area contributed by atoms with E-state index in [9.17, 15) is 8.42 Å². The van der Waals surface area contributed by atoms with Gasteiger partial charge in [-0.15, -0.1) is 24.0 Å². The van der Waals surface area contributed by atoms with Crippen LogP contribution in [0.1, 0.15) is 13.3 Å². The van der Waals surface area contributed by atoms with Crippen molar-refractivity contribution < 1.29 is 13.2 Å². The summed E-state index contributed by atoms with van der Waals surface area (Å²) >= 11 is 0. The van der Waals surface area contributed by atoms with Crippen LogP contribution < -0.4 is 10.0 Å². The van der Waals surface area contributed by atoms with Crippen molar-refractivity contribution in [3.63, 3.8) is 0 Å². The van der Waals surface area contributed by atoms with E-state index in [2.05, 4.69) is 19.9 Å². The summed E-state index contributed by atoms with van der Waals surface area (Å²) in [6.07, 6.45) is 1.07. The van der Waals surface area contributed by atoms with Crippen LogP contribution in [0.2, 0.25) is 0 Å². The van der Waals surface area contributed by atoms with Crippen LogP contribution in [-0.4, -0.2) is 65.7 Å². The lowest BCUT2D eigenvalue weighted by atomic mass is 10.1. The van der Waals surface area contributed by atoms with E-state index in [0.29, 0.717) is 12.5 Å². The van der Waals surface area contributed by atoms with Crippen LogP contribution in [0.15, 0.2) is 40.2 Å². The number of hydrogen-bond donors (Lipinski definition) is 2. The molecule has 1 atom stereocenters. The summed E-state index contributed by atoms with van der Waals surface area (Å²) in [4.78, 5) is 6.86. The van der Waals surface area contributed by atoms with Gasteiger partial charge in [0.15, 0.2) is 5.96 Å². The van der Waals surface area contributed by atoms with E-state index in [4.69, 9.17) is 4.74 Å². The van der Waals surface area contributed by atoms with Crippen LogP contribution in [0, 0.1) is 5.92 Å². The SMILES string of the molecule is CCNC(=NCCNS(=O)(=O)c1ccccc1)N(C)CC1CCOC1.I. The van der Waals surface area contributed by atoms with Crippen molar-refractivity contribution in [2.45, 2.75) is 18.2 Å². The third-order valence-corrected chi connectivity index (χ3v) is 5.45. The number of benzene rings is 1. The first kappa shape index (κ1) is 23.1. The molecule has 1 aromatic rings. The summed E-state index contributed by atoms with van der Waals surface area (Å²) in [5, 5.41) is 3.24. The van der Waals surface area contributed by atoms with Gasteiger partial charge < -0.3 is 15.0 Å². The lowest BCUT2D eigenvalue weighted by molar-refractivity contribution is 0.181. The fourth-order valence-electron chi connectivity index (χ4n) is 2.70. The molecule has 0 aliphatic carbocycles. The molecular weight excluding hydrogens is 467 g/mol. The van der Waals surface area contributed by atoms with E-state index < -0.39 is 10.0 Å². The quantitative estimate of drug-likeness (QED) is 0.247. The molecule has 0 aromatic heterocycles. The predicted octanol–water partition coefficient (Wildman–Crippen LogP) is 1.52. The van der Waals surface area contributed by atoms with Crippen LogP contribution in [-0.2, 0) is 14.8 Å². The Morgan fingerprint density at radius 1 is 1.35 bits per heavy atom. The summed E-state index contributed by atoms with van der Waals surface area (Å²) in [6, 6.07) is 8.35. The van der Waals surface area contributed by atoms with Gasteiger partial charge in [0, 0.05) is 39.2 Å². The maximum Gasteiger partial charge on any atom is 0.240 e. The number of halogens is 1. The van der Waals surface area contributed by atoms with Gasteiger partial charge in [0.25, 0.3) is 0 Å². The molecule has 9 heteroatoms. The van der Waals surface area contributed by atoms with E-state index >= 15 is 0 Å². The highest BCUT2D eigenvalue weighted by Crippen LogP contribution is 2.13. The molecule has 7 nitrogen and oxygen atoms in total. The molecule has 1 aromatic carbocycles. The molecule has 1 unspecified atom stereocenters. The van der Waals surface area contributed by atoms with E-state index in [1.165, 1.54) is 0 Å². The molecule has 0 spiro atoms. The number of hydrogen-bond acceptors (Lipinski definition) is 4. The summed E-state index contributed by atoms with van der Waals surface area (Å²) in [5.41, 5.74) is 0. The first-order valence-electron chi connectivity index (χ1n) is 8.65. The third kappa shape index (κ3) is 7.37. The van der Waals surface area contributed by atoms with Gasteiger partial charge in [-0.25, -0.2) is 13.1 Å². The molecule has 1 fully saturated rings. The largest absolute Gasteiger partial charge is 0.381 e. The zero-order valence-corrected chi connectivity index (χ0v) is 18.5. The first-order chi connectivity index (χ1) is 12.0. The van der Waals surface area contributed by atoms with Gasteiger partial charge in [0.1, 0.15) is 0 Å². The highest BCUT2D eigenvalue weighted by atomic mass is 127. The van der Waals surface area contributed by atoms with E-state index in [0.717, 1.165) is 38.7 Å². The molecule has 0 bridgehead atoms. The molecule has 148 valence electrons. The monoisotopic (exact) mass is 496 g/mol. The number of rotatable bonds is 8. The van der Waals surface area contributed by atoms with Crippen molar-refractivity contribution in [2.24, 2.45) is 10.9 Å². The lowest BCUT2D eigenvalue weighted by Gasteiger charge is -2.24. The number of ether oxygens (including phenoxy) is 1. The molecule has 1 aliphatic rings. The van der Waals surface area contributed by atoms with Crippen molar-refractivity contribution in [1.82, 2.24) is 14.9 Å². The second kappa shape index (κ2) is 11.7. The predicted molar refractivity (Wildman–Crippen MR) is 115 cm³/mol. The van der Waals surface area contributed by atoms with E-state index in [1.54, 1.807) is 30.3 Å². The van der Waals surface area contributed by atoms with Gasteiger partial charge in [-0.05, 0) is 25.5 Å². The van der Waals surface area contributed by atoms with Gasteiger partial charge in [-0.3, -0.25) is 4.99 Å². The molecule has 0 saturated carbocycles. The number of nitrogens with zero attached hydrogens (tertiary/aromatic N) is 2. The van der Waals surface area contributed by atoms with Crippen molar-refractivity contribution in [1.29, 1.82) is 0 Å². The summed E-state index contributed by atoms with van der Waals surface area (Å²) < 4.78 is 32.3. The lowest BCUT2D eigenvalue weighted by Crippen LogP contribution is -2.42. The van der Waals surface area contributed by atoms with Crippen LogP contribution >= 0.6 is 24.0 Å². The Bertz CT molecular complexity index is 649. The van der Waals surface area contributed by atoms with Gasteiger partial charge in [-0.2, -0.15) is 0 Å². The molecule has 1 aliphatic heterocycles. The Morgan fingerprint density at radius 2 is 2.08 bits per heavy atom. The van der Waals surface area contributed by atoms with Crippen molar-refractivity contribution in [3.8, 4) is 0 Å². The van der Waals surface area contributed by atoms with Gasteiger partial charge in [-0.1, -0.05) is 18.2 Å². The smallest absolute Gasteiger partial charge is 0.240 e. The standard InChI is InChI=1S/C17H28N4O3S.HI/c1-3-18-17(21(2)13-15-9-12-24-14-15)19-10-11-20-25(22,23)16-7-5-4-6-8-16;/h4-8,15,20H,3,9-14H2,1-2H3,(H,18,19);1H. The average molecular weight is 496 g/mol. The van der Waals surface area contributed by atoms with E-state index in [-0.39, 0.29) is 35.4 Å². The number of nitrogens with one attached hydrogen (secondary N) is 2. The van der Waals surface area contributed by atoms with Crippen molar-refractivity contribution in [3.05, 3.63) is 30.3 Å². The second-order valence-corrected chi connectivity index (χ2v) is 7.82. The first-order valence-corrected chi connectivity index (χ1v) is 10.1. The van der Waals surface area contributed by atoms with Gasteiger partial charge in [0.2, 0.25) is 10.0 Å². The Hall–Kier alpha value is -0.910. The number of sulfonamides is 1. The topological polar surface area (TPSA) is 83.0 Å². The molecule has 1 heterocycles. The summed E-state index contributed by atoms with van der Waals surface area (Å²) in [6.45, 7) is 5.91. The van der Waals surface area contributed by atoms with Crippen molar-refractivity contribution >= 4 is 40.0 Å². The summed E-state index contributed by atoms with van der Waals surface area (Å²) in [5.74, 6) is 1.30. The van der Waals surface area contributed by atoms with Crippen LogP contribution in [0.3, 0.4) is 0 Å². The Labute approximate surface area is 173 Å². The van der Waals surface area contributed by atoms with Gasteiger partial charge >= 0.3 is 0 Å². The normalized spacial score (nSPS) is 17.6. The molecule has 26 heavy (non-hydrogen) atoms. The second-order valence-electron chi connectivity index (χ2n) is 6.06. The molecule has 0 amide bonds. The zero-order valence-electron chi connectivity index (χ0n) is 15.3. The molecule has 2 rings (SSSR count). The Kier molecular flexibility index (Phi) is 10.4. The molecular formula is C17H29IN4O3S. The average Bonchev–Trinajstić information content (AvgIpc) is 3.11. The fraction of sp³-hybridized carbons (Fsp3) is 0.588. The molecule has 0 radical (unpaired) electrons. The van der Waals surface area contributed by atoms with Gasteiger partial charge in [0.05, 0.1) is 18.0 Å². The highest BCUT2D eigenvalue weighted by molar-refractivity contribution is 14.0. The highest BCUT2D eigenvalue weighted by Gasteiger charge is 2.19. The molecule has 1 saturated heterocycles. The number of aliphatic imine (C=N–C) groups is 1. The summed E-state index contributed by atoms with van der Waals surface area (Å²) in [7, 11) is -1.49. The maximum atomic E-state index is 12.2. The Balaban J connectivity index is 0.00000338. The minimum absolute atomic E-state index is 0.